The van der Waals surface area contributed by atoms with Crippen LogP contribution in [0, 0.1) is 0 Å². The summed E-state index contributed by atoms with van der Waals surface area (Å²) in [6.07, 6.45) is 2.89. The zero-order valence-electron chi connectivity index (χ0n) is 14.4. The van der Waals surface area contributed by atoms with E-state index in [9.17, 15) is 14.4 Å². The highest BCUT2D eigenvalue weighted by atomic mass is 32.1. The third-order valence-electron chi connectivity index (χ3n) is 3.16. The van der Waals surface area contributed by atoms with Crippen LogP contribution in [0.4, 0.5) is 5.69 Å². The highest BCUT2D eigenvalue weighted by molar-refractivity contribution is 7.12. The molecular formula is C18H17NO6S. The number of carbonyl (C=O) groups is 3. The van der Waals surface area contributed by atoms with E-state index in [0.717, 1.165) is 0 Å². The Kier molecular flexibility index (Phi) is 6.51. The number of amides is 1. The van der Waals surface area contributed by atoms with Crippen molar-refractivity contribution >= 4 is 40.9 Å². The number of thiophene rings is 1. The Morgan fingerprint density at radius 2 is 1.88 bits per heavy atom. The number of anilines is 1. The van der Waals surface area contributed by atoms with Crippen molar-refractivity contribution in [2.45, 2.75) is 6.92 Å². The lowest BCUT2D eigenvalue weighted by Crippen LogP contribution is -2.10. The second kappa shape index (κ2) is 8.82. The molecule has 0 aliphatic carbocycles. The van der Waals surface area contributed by atoms with Crippen LogP contribution < -0.4 is 14.8 Å². The largest absolute Gasteiger partial charge is 0.493 e. The summed E-state index contributed by atoms with van der Waals surface area (Å²) in [6.45, 7) is 1.30. The molecule has 1 aromatic heterocycles. The normalized spacial score (nSPS) is 10.4. The SMILES string of the molecule is COC(=O)c1sccc1NC(=O)/C=C/c1ccc(OC(C)=O)c(OC)c1. The van der Waals surface area contributed by atoms with Gasteiger partial charge in [0.15, 0.2) is 11.5 Å². The summed E-state index contributed by atoms with van der Waals surface area (Å²) in [6, 6.07) is 6.51. The number of hydrogen-bond acceptors (Lipinski definition) is 7. The highest BCUT2D eigenvalue weighted by Crippen LogP contribution is 2.29. The predicted molar refractivity (Wildman–Crippen MR) is 97.6 cm³/mol. The van der Waals surface area contributed by atoms with Gasteiger partial charge in [-0.05, 0) is 35.2 Å². The molecule has 136 valence electrons. The topological polar surface area (TPSA) is 90.9 Å². The molecule has 0 aliphatic heterocycles. The van der Waals surface area contributed by atoms with Gasteiger partial charge in [-0.15, -0.1) is 11.3 Å². The third-order valence-corrected chi connectivity index (χ3v) is 4.06. The fourth-order valence-electron chi connectivity index (χ4n) is 2.03. The highest BCUT2D eigenvalue weighted by Gasteiger charge is 2.14. The molecule has 8 heteroatoms. The second-order valence-electron chi connectivity index (χ2n) is 4.98. The van der Waals surface area contributed by atoms with E-state index in [1.54, 1.807) is 35.7 Å². The number of rotatable bonds is 6. The Morgan fingerprint density at radius 3 is 2.54 bits per heavy atom. The molecule has 2 rings (SSSR count). The molecule has 0 aliphatic rings. The van der Waals surface area contributed by atoms with E-state index in [2.05, 4.69) is 10.1 Å². The maximum Gasteiger partial charge on any atom is 0.350 e. The van der Waals surface area contributed by atoms with E-state index in [1.807, 2.05) is 0 Å². The van der Waals surface area contributed by atoms with Crippen molar-refractivity contribution in [3.8, 4) is 11.5 Å². The molecule has 0 spiro atoms. The van der Waals surface area contributed by atoms with Gasteiger partial charge in [0, 0.05) is 13.0 Å². The minimum Gasteiger partial charge on any atom is -0.493 e. The Labute approximate surface area is 154 Å². The summed E-state index contributed by atoms with van der Waals surface area (Å²) in [5.41, 5.74) is 1.06. The smallest absolute Gasteiger partial charge is 0.350 e. The van der Waals surface area contributed by atoms with Crippen LogP contribution in [0.1, 0.15) is 22.2 Å². The molecule has 0 radical (unpaired) electrons. The summed E-state index contributed by atoms with van der Waals surface area (Å²) in [5, 5.41) is 4.31. The molecule has 0 unspecified atom stereocenters. The number of carbonyl (C=O) groups excluding carboxylic acids is 3. The molecule has 7 nitrogen and oxygen atoms in total. The van der Waals surface area contributed by atoms with Gasteiger partial charge in [0.1, 0.15) is 4.88 Å². The van der Waals surface area contributed by atoms with Gasteiger partial charge < -0.3 is 19.5 Å². The number of ether oxygens (including phenoxy) is 3. The van der Waals surface area contributed by atoms with Gasteiger partial charge in [-0.2, -0.15) is 0 Å². The van der Waals surface area contributed by atoms with Gasteiger partial charge in [0.25, 0.3) is 0 Å². The van der Waals surface area contributed by atoms with Crippen molar-refractivity contribution in [2.24, 2.45) is 0 Å². The molecule has 1 N–H and O–H groups in total. The van der Waals surface area contributed by atoms with Crippen LogP contribution in [0.2, 0.25) is 0 Å². The van der Waals surface area contributed by atoms with Gasteiger partial charge in [0.05, 0.1) is 19.9 Å². The number of methoxy groups -OCH3 is 2. The molecule has 0 saturated carbocycles. The van der Waals surface area contributed by atoms with Crippen molar-refractivity contribution in [3.63, 3.8) is 0 Å². The van der Waals surface area contributed by atoms with E-state index in [4.69, 9.17) is 9.47 Å². The van der Waals surface area contributed by atoms with Crippen LogP contribution in [0.15, 0.2) is 35.7 Å². The lowest BCUT2D eigenvalue weighted by atomic mass is 10.2. The molecule has 0 bridgehead atoms. The molecule has 0 atom stereocenters. The van der Waals surface area contributed by atoms with Gasteiger partial charge in [-0.25, -0.2) is 4.79 Å². The van der Waals surface area contributed by atoms with E-state index in [0.29, 0.717) is 27.6 Å². The van der Waals surface area contributed by atoms with Crippen molar-refractivity contribution in [1.82, 2.24) is 0 Å². The third kappa shape index (κ3) is 4.93. The summed E-state index contributed by atoms with van der Waals surface area (Å²) in [5.74, 6) is -0.707. The second-order valence-corrected chi connectivity index (χ2v) is 5.90. The average molecular weight is 375 g/mol. The molecule has 1 amide bonds. The number of hydrogen-bond donors (Lipinski definition) is 1. The first-order valence-electron chi connectivity index (χ1n) is 7.46. The molecule has 26 heavy (non-hydrogen) atoms. The van der Waals surface area contributed by atoms with Crippen molar-refractivity contribution in [3.05, 3.63) is 46.2 Å². The lowest BCUT2D eigenvalue weighted by Gasteiger charge is -2.08. The van der Waals surface area contributed by atoms with E-state index in [1.165, 1.54) is 38.6 Å². The Hall–Kier alpha value is -3.13. The van der Waals surface area contributed by atoms with Crippen LogP contribution in [0.25, 0.3) is 6.08 Å². The first-order valence-corrected chi connectivity index (χ1v) is 8.34. The molecule has 1 heterocycles. The lowest BCUT2D eigenvalue weighted by molar-refractivity contribution is -0.132. The van der Waals surface area contributed by atoms with Crippen molar-refractivity contribution in [2.75, 3.05) is 19.5 Å². The van der Waals surface area contributed by atoms with Gasteiger partial charge >= 0.3 is 11.9 Å². The average Bonchev–Trinajstić information content (AvgIpc) is 3.07. The Morgan fingerprint density at radius 1 is 1.12 bits per heavy atom. The van der Waals surface area contributed by atoms with Gasteiger partial charge in [-0.3, -0.25) is 9.59 Å². The summed E-state index contributed by atoms with van der Waals surface area (Å²) in [7, 11) is 2.73. The molecule has 1 aromatic carbocycles. The Balaban J connectivity index is 2.09. The van der Waals surface area contributed by atoms with Crippen LogP contribution >= 0.6 is 11.3 Å². The summed E-state index contributed by atoms with van der Waals surface area (Å²) >= 11 is 1.18. The standard InChI is InChI=1S/C18H17NO6S/c1-11(20)25-14-6-4-12(10-15(14)23-2)5-7-16(21)19-13-8-9-26-17(13)18(22)24-3/h4-10H,1-3H3,(H,19,21)/b7-5+. The molecule has 0 fully saturated rings. The fourth-order valence-corrected chi connectivity index (χ4v) is 2.80. The minimum absolute atomic E-state index is 0.294. The zero-order chi connectivity index (χ0) is 19.1. The van der Waals surface area contributed by atoms with Crippen LogP contribution in [0.3, 0.4) is 0 Å². The van der Waals surface area contributed by atoms with E-state index < -0.39 is 17.8 Å². The molecule has 0 saturated heterocycles. The maximum atomic E-state index is 12.1. The van der Waals surface area contributed by atoms with Crippen LogP contribution in [-0.4, -0.2) is 32.1 Å². The van der Waals surface area contributed by atoms with E-state index in [-0.39, 0.29) is 0 Å². The zero-order valence-corrected chi connectivity index (χ0v) is 15.2. The fraction of sp³-hybridized carbons (Fsp3) is 0.167. The number of nitrogens with one attached hydrogen (secondary N) is 1. The van der Waals surface area contributed by atoms with Crippen LogP contribution in [0.5, 0.6) is 11.5 Å². The summed E-state index contributed by atoms with van der Waals surface area (Å²) in [4.78, 5) is 35.0. The number of esters is 2. The van der Waals surface area contributed by atoms with Gasteiger partial charge in [0.2, 0.25) is 5.91 Å². The van der Waals surface area contributed by atoms with Gasteiger partial charge in [-0.1, -0.05) is 6.07 Å². The molecule has 2 aromatic rings. The Bertz CT molecular complexity index is 855. The number of benzene rings is 1. The first-order chi connectivity index (χ1) is 12.4. The monoisotopic (exact) mass is 375 g/mol. The first kappa shape index (κ1) is 19.2. The quantitative estimate of drug-likeness (QED) is 0.474. The maximum absolute atomic E-state index is 12.1. The predicted octanol–water partition coefficient (Wildman–Crippen LogP) is 3.12. The summed E-state index contributed by atoms with van der Waals surface area (Å²) < 4.78 is 14.9. The van der Waals surface area contributed by atoms with E-state index >= 15 is 0 Å². The van der Waals surface area contributed by atoms with Crippen LogP contribution in [-0.2, 0) is 14.3 Å². The van der Waals surface area contributed by atoms with Crippen molar-refractivity contribution < 1.29 is 28.6 Å². The minimum atomic E-state index is -0.509. The van der Waals surface area contributed by atoms with Crippen molar-refractivity contribution in [1.29, 1.82) is 0 Å². The molecular weight excluding hydrogens is 358 g/mol.